The Bertz CT molecular complexity index is 792. The topological polar surface area (TPSA) is 54.0 Å². The van der Waals surface area contributed by atoms with Crippen LogP contribution in [0.25, 0.3) is 0 Å². The fraction of sp³-hybridized carbons (Fsp3) is 0.381. The maximum Gasteiger partial charge on any atom is 0.317 e. The number of carbonyl (C=O) groups is 1. The summed E-state index contributed by atoms with van der Waals surface area (Å²) in [5, 5.41) is 3.05. The van der Waals surface area contributed by atoms with Gasteiger partial charge in [-0.05, 0) is 49.8 Å². The summed E-state index contributed by atoms with van der Waals surface area (Å²) in [5.74, 6) is 1.49. The van der Waals surface area contributed by atoms with Crippen molar-refractivity contribution in [2.24, 2.45) is 0 Å². The molecule has 0 aliphatic carbocycles. The molecular formula is C21H27N3O3. The molecular weight excluding hydrogens is 342 g/mol. The Hall–Kier alpha value is -2.73. The SMILES string of the molecule is CCN(Cc1ccc2c(c1)OCO2)C(=O)NCc1ccccc1CN(C)C. The summed E-state index contributed by atoms with van der Waals surface area (Å²) in [5.41, 5.74) is 3.38. The number of fused-ring (bicyclic) bond motifs is 1. The monoisotopic (exact) mass is 369 g/mol. The molecule has 0 saturated carbocycles. The summed E-state index contributed by atoms with van der Waals surface area (Å²) >= 11 is 0. The first-order chi connectivity index (χ1) is 13.1. The molecule has 3 rings (SSSR count). The number of hydrogen-bond donors (Lipinski definition) is 1. The highest BCUT2D eigenvalue weighted by Gasteiger charge is 2.17. The van der Waals surface area contributed by atoms with Crippen LogP contribution in [-0.2, 0) is 19.6 Å². The fourth-order valence-corrected chi connectivity index (χ4v) is 3.09. The minimum Gasteiger partial charge on any atom is -0.454 e. The Morgan fingerprint density at radius 3 is 2.52 bits per heavy atom. The van der Waals surface area contributed by atoms with Gasteiger partial charge in [-0.25, -0.2) is 4.79 Å². The van der Waals surface area contributed by atoms with Crippen molar-refractivity contribution in [2.45, 2.75) is 26.6 Å². The summed E-state index contributed by atoms with van der Waals surface area (Å²) in [6.07, 6.45) is 0. The van der Waals surface area contributed by atoms with E-state index in [0.717, 1.165) is 29.2 Å². The second-order valence-electron chi connectivity index (χ2n) is 6.87. The van der Waals surface area contributed by atoms with Crippen molar-refractivity contribution in [2.75, 3.05) is 27.4 Å². The standard InChI is InChI=1S/C21H27N3O3/c1-4-24(13-16-9-10-19-20(11-16)27-15-26-19)21(25)22-12-17-7-5-6-8-18(17)14-23(2)3/h5-11H,4,12-15H2,1-3H3,(H,22,25). The Labute approximate surface area is 160 Å². The second kappa shape index (κ2) is 8.77. The Balaban J connectivity index is 1.61. The molecule has 0 bridgehead atoms. The zero-order chi connectivity index (χ0) is 19.2. The van der Waals surface area contributed by atoms with Crippen LogP contribution in [0.1, 0.15) is 23.6 Å². The molecule has 6 heteroatoms. The molecule has 0 saturated heterocycles. The molecule has 2 aromatic rings. The third kappa shape index (κ3) is 4.92. The van der Waals surface area contributed by atoms with E-state index in [1.165, 1.54) is 5.56 Å². The number of rotatable bonds is 7. The molecule has 1 aliphatic rings. The van der Waals surface area contributed by atoms with Crippen molar-refractivity contribution in [1.82, 2.24) is 15.1 Å². The molecule has 0 spiro atoms. The minimum atomic E-state index is -0.0742. The molecule has 0 aromatic heterocycles. The first-order valence-electron chi connectivity index (χ1n) is 9.19. The van der Waals surface area contributed by atoms with Crippen molar-refractivity contribution < 1.29 is 14.3 Å². The Kier molecular flexibility index (Phi) is 6.19. The van der Waals surface area contributed by atoms with Gasteiger partial charge in [0.2, 0.25) is 6.79 Å². The van der Waals surface area contributed by atoms with Gasteiger partial charge >= 0.3 is 6.03 Å². The highest BCUT2D eigenvalue weighted by molar-refractivity contribution is 5.74. The first kappa shape index (κ1) is 19.0. The van der Waals surface area contributed by atoms with Gasteiger partial charge in [0.15, 0.2) is 11.5 Å². The third-order valence-electron chi connectivity index (χ3n) is 4.51. The van der Waals surface area contributed by atoms with Crippen molar-refractivity contribution in [3.05, 3.63) is 59.2 Å². The predicted molar refractivity (Wildman–Crippen MR) is 105 cm³/mol. The van der Waals surface area contributed by atoms with Crippen LogP contribution in [0.2, 0.25) is 0 Å². The van der Waals surface area contributed by atoms with Crippen LogP contribution in [0.3, 0.4) is 0 Å². The molecule has 2 aromatic carbocycles. The number of ether oxygens (including phenoxy) is 2. The Morgan fingerprint density at radius 2 is 1.78 bits per heavy atom. The smallest absolute Gasteiger partial charge is 0.317 e. The van der Waals surface area contributed by atoms with Gasteiger partial charge in [0.25, 0.3) is 0 Å². The van der Waals surface area contributed by atoms with E-state index >= 15 is 0 Å². The van der Waals surface area contributed by atoms with Gasteiger partial charge in [-0.1, -0.05) is 30.3 Å². The Morgan fingerprint density at radius 1 is 1.04 bits per heavy atom. The number of benzene rings is 2. The fourth-order valence-electron chi connectivity index (χ4n) is 3.09. The van der Waals surface area contributed by atoms with Crippen LogP contribution in [0, 0.1) is 0 Å². The zero-order valence-electron chi connectivity index (χ0n) is 16.2. The lowest BCUT2D eigenvalue weighted by atomic mass is 10.1. The van der Waals surface area contributed by atoms with Crippen molar-refractivity contribution in [3.8, 4) is 11.5 Å². The molecule has 0 fully saturated rings. The van der Waals surface area contributed by atoms with E-state index in [4.69, 9.17) is 9.47 Å². The second-order valence-corrected chi connectivity index (χ2v) is 6.87. The summed E-state index contributed by atoms with van der Waals surface area (Å²) < 4.78 is 10.8. The molecule has 2 amide bonds. The van der Waals surface area contributed by atoms with E-state index < -0.39 is 0 Å². The van der Waals surface area contributed by atoms with Crippen LogP contribution >= 0.6 is 0 Å². The first-order valence-corrected chi connectivity index (χ1v) is 9.19. The van der Waals surface area contributed by atoms with E-state index in [1.807, 2.05) is 51.4 Å². The number of carbonyl (C=O) groups excluding carboxylic acids is 1. The number of hydrogen-bond acceptors (Lipinski definition) is 4. The van der Waals surface area contributed by atoms with Gasteiger partial charge in [0.05, 0.1) is 0 Å². The molecule has 0 radical (unpaired) electrons. The maximum absolute atomic E-state index is 12.7. The van der Waals surface area contributed by atoms with E-state index in [1.54, 1.807) is 4.90 Å². The summed E-state index contributed by atoms with van der Waals surface area (Å²) in [6.45, 7) is 4.74. The van der Waals surface area contributed by atoms with Gasteiger partial charge in [-0.3, -0.25) is 0 Å². The minimum absolute atomic E-state index is 0.0742. The van der Waals surface area contributed by atoms with Crippen molar-refractivity contribution in [1.29, 1.82) is 0 Å². The average Bonchev–Trinajstić information content (AvgIpc) is 3.12. The lowest BCUT2D eigenvalue weighted by Crippen LogP contribution is -2.39. The van der Waals surface area contributed by atoms with Gasteiger partial charge in [0.1, 0.15) is 0 Å². The number of urea groups is 1. The number of nitrogens with one attached hydrogen (secondary N) is 1. The molecule has 27 heavy (non-hydrogen) atoms. The molecule has 1 aliphatic heterocycles. The molecule has 0 atom stereocenters. The lowest BCUT2D eigenvalue weighted by molar-refractivity contribution is 0.173. The lowest BCUT2D eigenvalue weighted by Gasteiger charge is -2.22. The van der Waals surface area contributed by atoms with E-state index in [9.17, 15) is 4.79 Å². The molecule has 144 valence electrons. The highest BCUT2D eigenvalue weighted by atomic mass is 16.7. The summed E-state index contributed by atoms with van der Waals surface area (Å²) in [4.78, 5) is 16.6. The van der Waals surface area contributed by atoms with Gasteiger partial charge in [-0.15, -0.1) is 0 Å². The largest absolute Gasteiger partial charge is 0.454 e. The van der Waals surface area contributed by atoms with Gasteiger partial charge in [0, 0.05) is 26.2 Å². The number of amides is 2. The maximum atomic E-state index is 12.7. The van der Waals surface area contributed by atoms with E-state index in [0.29, 0.717) is 19.6 Å². The average molecular weight is 369 g/mol. The number of nitrogens with zero attached hydrogens (tertiary/aromatic N) is 2. The molecule has 6 nitrogen and oxygen atoms in total. The summed E-state index contributed by atoms with van der Waals surface area (Å²) in [7, 11) is 4.08. The van der Waals surface area contributed by atoms with Gasteiger partial charge < -0.3 is 24.6 Å². The predicted octanol–water partition coefficient (Wildman–Crippen LogP) is 3.21. The van der Waals surface area contributed by atoms with Crippen LogP contribution in [0.4, 0.5) is 4.79 Å². The quantitative estimate of drug-likeness (QED) is 0.814. The van der Waals surface area contributed by atoms with Gasteiger partial charge in [-0.2, -0.15) is 0 Å². The third-order valence-corrected chi connectivity index (χ3v) is 4.51. The van der Waals surface area contributed by atoms with Crippen LogP contribution in [0.5, 0.6) is 11.5 Å². The molecule has 1 heterocycles. The van der Waals surface area contributed by atoms with Crippen molar-refractivity contribution in [3.63, 3.8) is 0 Å². The highest BCUT2D eigenvalue weighted by Crippen LogP contribution is 2.32. The van der Waals surface area contributed by atoms with Crippen LogP contribution in [-0.4, -0.2) is 43.3 Å². The van der Waals surface area contributed by atoms with Crippen molar-refractivity contribution >= 4 is 6.03 Å². The zero-order valence-corrected chi connectivity index (χ0v) is 16.2. The van der Waals surface area contributed by atoms with E-state index in [-0.39, 0.29) is 12.8 Å². The normalized spacial score (nSPS) is 12.3. The van der Waals surface area contributed by atoms with E-state index in [2.05, 4.69) is 22.3 Å². The summed E-state index contributed by atoms with van der Waals surface area (Å²) in [6, 6.07) is 13.9. The molecule has 1 N–H and O–H groups in total. The van der Waals surface area contributed by atoms with Crippen LogP contribution in [0.15, 0.2) is 42.5 Å². The molecule has 0 unspecified atom stereocenters. The van der Waals surface area contributed by atoms with Crippen LogP contribution < -0.4 is 14.8 Å².